The zero-order chi connectivity index (χ0) is 14.5. The molecule has 0 saturated heterocycles. The van der Waals surface area contributed by atoms with Crippen LogP contribution in [0.5, 0.6) is 5.88 Å². The van der Waals surface area contributed by atoms with Crippen molar-refractivity contribution in [2.75, 3.05) is 18.5 Å². The molecule has 0 unspecified atom stereocenters. The predicted molar refractivity (Wildman–Crippen MR) is 69.2 cm³/mol. The number of rotatable bonds is 6. The summed E-state index contributed by atoms with van der Waals surface area (Å²) in [6, 6.07) is 1.44. The van der Waals surface area contributed by atoms with Crippen molar-refractivity contribution in [3.63, 3.8) is 0 Å². The lowest BCUT2D eigenvalue weighted by Crippen LogP contribution is -2.10. The van der Waals surface area contributed by atoms with Gasteiger partial charge < -0.3 is 10.1 Å². The van der Waals surface area contributed by atoms with E-state index >= 15 is 0 Å². The number of anilines is 1. The number of hydrogen-bond donors (Lipinski definition) is 1. The van der Waals surface area contributed by atoms with Gasteiger partial charge in [0, 0.05) is 13.0 Å². The third-order valence-corrected chi connectivity index (χ3v) is 2.64. The Balaban J connectivity index is 2.60. The topological polar surface area (TPSA) is 34.2 Å². The summed E-state index contributed by atoms with van der Waals surface area (Å²) in [5.74, 6) is 0.462. The first kappa shape index (κ1) is 16.2. The van der Waals surface area contributed by atoms with Crippen LogP contribution in [0.25, 0.3) is 0 Å². The number of ether oxygens (including phenoxy) is 1. The highest BCUT2D eigenvalue weighted by Crippen LogP contribution is 2.31. The first-order chi connectivity index (χ1) is 8.83. The Morgan fingerprint density at radius 2 is 2.00 bits per heavy atom. The summed E-state index contributed by atoms with van der Waals surface area (Å²) in [5.41, 5.74) is 0. The van der Waals surface area contributed by atoms with E-state index < -0.39 is 12.6 Å². The molecule has 0 aliphatic heterocycles. The van der Waals surface area contributed by atoms with E-state index in [4.69, 9.17) is 27.9 Å². The summed E-state index contributed by atoms with van der Waals surface area (Å²) in [4.78, 5) is 4.02. The monoisotopic (exact) mass is 316 g/mol. The number of nitrogens with zero attached hydrogens (tertiary/aromatic N) is 1. The van der Waals surface area contributed by atoms with Crippen molar-refractivity contribution in [2.24, 2.45) is 0 Å². The van der Waals surface area contributed by atoms with Crippen molar-refractivity contribution in [1.82, 2.24) is 4.98 Å². The second-order valence-electron chi connectivity index (χ2n) is 3.70. The Labute approximate surface area is 119 Å². The quantitative estimate of drug-likeness (QED) is 0.782. The molecule has 19 heavy (non-hydrogen) atoms. The minimum Gasteiger partial charge on any atom is -0.477 e. The second-order valence-corrected chi connectivity index (χ2v) is 4.52. The molecule has 1 rings (SSSR count). The van der Waals surface area contributed by atoms with Crippen LogP contribution in [0.15, 0.2) is 6.07 Å². The number of halogens is 5. The van der Waals surface area contributed by atoms with E-state index in [9.17, 15) is 13.2 Å². The molecule has 0 amide bonds. The molecule has 0 fully saturated rings. The van der Waals surface area contributed by atoms with E-state index in [0.29, 0.717) is 17.4 Å². The highest BCUT2D eigenvalue weighted by molar-refractivity contribution is 6.36. The van der Waals surface area contributed by atoms with Crippen LogP contribution in [-0.4, -0.2) is 24.3 Å². The molecule has 3 nitrogen and oxygen atoms in total. The molecular formula is C11H13Cl2F3N2O. The van der Waals surface area contributed by atoms with Crippen LogP contribution >= 0.6 is 23.2 Å². The minimum atomic E-state index is -4.19. The maximum atomic E-state index is 12.0. The van der Waals surface area contributed by atoms with Gasteiger partial charge in [0.1, 0.15) is 10.8 Å². The smallest absolute Gasteiger partial charge is 0.389 e. The SMILES string of the molecule is CCNc1nc(OCCCC(F)(F)F)c(Cl)cc1Cl. The zero-order valence-electron chi connectivity index (χ0n) is 10.2. The van der Waals surface area contributed by atoms with Crippen LogP contribution in [0.1, 0.15) is 19.8 Å². The molecule has 1 aromatic heterocycles. The van der Waals surface area contributed by atoms with Gasteiger partial charge in [-0.05, 0) is 19.4 Å². The average Bonchev–Trinajstić information content (AvgIpc) is 2.28. The fourth-order valence-electron chi connectivity index (χ4n) is 1.28. The number of pyridine rings is 1. The number of hydrogen-bond acceptors (Lipinski definition) is 3. The van der Waals surface area contributed by atoms with Crippen LogP contribution in [0, 0.1) is 0 Å². The standard InChI is InChI=1S/C11H13Cl2F3N2O/c1-2-17-9-7(12)6-8(13)10(18-9)19-5-3-4-11(14,15)16/h6H,2-5H2,1H3,(H,17,18). The zero-order valence-corrected chi connectivity index (χ0v) is 11.7. The van der Waals surface area contributed by atoms with Gasteiger partial charge in [-0.2, -0.15) is 18.2 Å². The summed E-state index contributed by atoms with van der Waals surface area (Å²) < 4.78 is 41.0. The van der Waals surface area contributed by atoms with Gasteiger partial charge in [-0.1, -0.05) is 23.2 Å². The lowest BCUT2D eigenvalue weighted by Gasteiger charge is -2.11. The van der Waals surface area contributed by atoms with Gasteiger partial charge >= 0.3 is 6.18 Å². The van der Waals surface area contributed by atoms with Crippen LogP contribution in [0.4, 0.5) is 19.0 Å². The summed E-state index contributed by atoms with van der Waals surface area (Å²) in [6.45, 7) is 2.35. The molecule has 8 heteroatoms. The summed E-state index contributed by atoms with van der Waals surface area (Å²) >= 11 is 11.7. The lowest BCUT2D eigenvalue weighted by atomic mass is 10.3. The molecule has 1 aromatic rings. The molecule has 1 N–H and O–H groups in total. The van der Waals surface area contributed by atoms with Gasteiger partial charge in [-0.15, -0.1) is 0 Å². The molecule has 0 aliphatic carbocycles. The molecule has 108 valence electrons. The van der Waals surface area contributed by atoms with Crippen LogP contribution < -0.4 is 10.1 Å². The van der Waals surface area contributed by atoms with Crippen molar-refractivity contribution in [2.45, 2.75) is 25.9 Å². The highest BCUT2D eigenvalue weighted by atomic mass is 35.5. The van der Waals surface area contributed by atoms with Crippen LogP contribution in [0.2, 0.25) is 10.0 Å². The van der Waals surface area contributed by atoms with Crippen molar-refractivity contribution < 1.29 is 17.9 Å². The highest BCUT2D eigenvalue weighted by Gasteiger charge is 2.26. The second kappa shape index (κ2) is 7.05. The van der Waals surface area contributed by atoms with Gasteiger partial charge in [-0.3, -0.25) is 0 Å². The van der Waals surface area contributed by atoms with Crippen LogP contribution in [-0.2, 0) is 0 Å². The van der Waals surface area contributed by atoms with E-state index in [-0.39, 0.29) is 23.9 Å². The van der Waals surface area contributed by atoms with Gasteiger partial charge in [-0.25, -0.2) is 0 Å². The van der Waals surface area contributed by atoms with Gasteiger partial charge in [0.2, 0.25) is 5.88 Å². The van der Waals surface area contributed by atoms with Crippen molar-refractivity contribution in [1.29, 1.82) is 0 Å². The molecule has 0 aromatic carbocycles. The number of alkyl halides is 3. The maximum Gasteiger partial charge on any atom is 0.389 e. The number of aromatic nitrogens is 1. The molecular weight excluding hydrogens is 304 g/mol. The average molecular weight is 317 g/mol. The fourth-order valence-corrected chi connectivity index (χ4v) is 1.76. The van der Waals surface area contributed by atoms with E-state index in [0.717, 1.165) is 0 Å². The Kier molecular flexibility index (Phi) is 6.00. The normalized spacial score (nSPS) is 11.5. The third kappa shape index (κ3) is 5.74. The van der Waals surface area contributed by atoms with Crippen molar-refractivity contribution in [3.8, 4) is 5.88 Å². The molecule has 0 bridgehead atoms. The van der Waals surface area contributed by atoms with Gasteiger partial charge in [0.05, 0.1) is 11.6 Å². The van der Waals surface area contributed by atoms with Crippen LogP contribution in [0.3, 0.4) is 0 Å². The molecule has 0 aliphatic rings. The van der Waals surface area contributed by atoms with E-state index in [1.807, 2.05) is 6.92 Å². The fraction of sp³-hybridized carbons (Fsp3) is 0.545. The Morgan fingerprint density at radius 3 is 2.58 bits per heavy atom. The molecule has 1 heterocycles. The Morgan fingerprint density at radius 1 is 1.32 bits per heavy atom. The molecule has 0 spiro atoms. The Hall–Kier alpha value is -0.880. The third-order valence-electron chi connectivity index (χ3n) is 2.08. The lowest BCUT2D eigenvalue weighted by molar-refractivity contribution is -0.136. The van der Waals surface area contributed by atoms with Gasteiger partial charge in [0.25, 0.3) is 0 Å². The first-order valence-corrected chi connectivity index (χ1v) is 6.38. The first-order valence-electron chi connectivity index (χ1n) is 5.63. The largest absolute Gasteiger partial charge is 0.477 e. The molecule has 0 radical (unpaired) electrons. The van der Waals surface area contributed by atoms with Crippen molar-refractivity contribution in [3.05, 3.63) is 16.1 Å². The summed E-state index contributed by atoms with van der Waals surface area (Å²) in [6.07, 6.45) is -5.24. The van der Waals surface area contributed by atoms with E-state index in [1.165, 1.54) is 6.07 Å². The minimum absolute atomic E-state index is 0.0733. The van der Waals surface area contributed by atoms with Crippen molar-refractivity contribution >= 4 is 29.0 Å². The molecule has 0 atom stereocenters. The summed E-state index contributed by atoms with van der Waals surface area (Å²) in [5, 5.41) is 3.39. The Bertz CT molecular complexity index is 427. The van der Waals surface area contributed by atoms with E-state index in [1.54, 1.807) is 0 Å². The molecule has 0 saturated carbocycles. The van der Waals surface area contributed by atoms with Gasteiger partial charge in [0.15, 0.2) is 0 Å². The number of nitrogens with one attached hydrogen (secondary N) is 1. The maximum absolute atomic E-state index is 12.0. The predicted octanol–water partition coefficient (Wildman–Crippen LogP) is 4.54. The van der Waals surface area contributed by atoms with E-state index in [2.05, 4.69) is 10.3 Å². The summed E-state index contributed by atoms with van der Waals surface area (Å²) in [7, 11) is 0.